The van der Waals surface area contributed by atoms with Crippen molar-refractivity contribution >= 4 is 39.8 Å². The Bertz CT molecular complexity index is 1100. The van der Waals surface area contributed by atoms with Crippen LogP contribution in [0.1, 0.15) is 29.3 Å². The summed E-state index contributed by atoms with van der Waals surface area (Å²) in [5.41, 5.74) is 2.83. The van der Waals surface area contributed by atoms with Crippen molar-refractivity contribution < 1.29 is 22.4 Å². The van der Waals surface area contributed by atoms with Gasteiger partial charge in [0.15, 0.2) is 4.34 Å². The molecule has 0 saturated carbocycles. The van der Waals surface area contributed by atoms with Crippen LogP contribution in [0.15, 0.2) is 56.5 Å². The molecule has 2 aromatic heterocycles. The van der Waals surface area contributed by atoms with Gasteiger partial charge in [-0.3, -0.25) is 4.79 Å². The molecule has 1 aliphatic rings. The van der Waals surface area contributed by atoms with Crippen LogP contribution in [0.3, 0.4) is 0 Å². The third-order valence-electron chi connectivity index (χ3n) is 4.59. The van der Waals surface area contributed by atoms with E-state index in [0.29, 0.717) is 16.5 Å². The van der Waals surface area contributed by atoms with E-state index in [1.165, 1.54) is 5.01 Å². The average Bonchev–Trinajstić information content (AvgIpc) is 3.51. The van der Waals surface area contributed by atoms with Gasteiger partial charge in [-0.2, -0.15) is 18.3 Å². The van der Waals surface area contributed by atoms with Crippen molar-refractivity contribution in [3.63, 3.8) is 0 Å². The van der Waals surface area contributed by atoms with E-state index in [9.17, 15) is 18.0 Å². The van der Waals surface area contributed by atoms with E-state index in [4.69, 9.17) is 4.42 Å². The van der Waals surface area contributed by atoms with E-state index in [0.717, 1.165) is 39.9 Å². The van der Waals surface area contributed by atoms with Crippen LogP contribution in [0.5, 0.6) is 0 Å². The minimum absolute atomic E-state index is 0.00971. The Kier molecular flexibility index (Phi) is 6.51. The van der Waals surface area contributed by atoms with E-state index in [2.05, 4.69) is 20.6 Å². The third kappa shape index (κ3) is 5.49. The molecule has 3 aromatic rings. The summed E-state index contributed by atoms with van der Waals surface area (Å²) in [6.07, 6.45) is -2.29. The maximum atomic E-state index is 13.0. The molecule has 0 fully saturated rings. The highest BCUT2D eigenvalue weighted by Crippen LogP contribution is 2.34. The van der Waals surface area contributed by atoms with Crippen molar-refractivity contribution in [2.45, 2.75) is 29.9 Å². The molecule has 0 aliphatic carbocycles. The Hall–Kier alpha value is -2.86. The molecule has 1 N–H and O–H groups in total. The number of aromatic nitrogens is 2. The summed E-state index contributed by atoms with van der Waals surface area (Å²) < 4.78 is 42.9. The molecule has 168 valence electrons. The molecular weight excluding hydrogens is 463 g/mol. The number of benzene rings is 1. The fourth-order valence-corrected chi connectivity index (χ4v) is 4.67. The number of thioether (sulfide) groups is 1. The van der Waals surface area contributed by atoms with Gasteiger partial charge in [-0.1, -0.05) is 52.9 Å². The zero-order chi connectivity index (χ0) is 22.7. The number of nitrogens with one attached hydrogen (secondary N) is 1. The lowest BCUT2D eigenvalue weighted by atomic mass is 10.0. The second-order valence-electron chi connectivity index (χ2n) is 7.02. The van der Waals surface area contributed by atoms with E-state index in [-0.39, 0.29) is 22.8 Å². The lowest BCUT2D eigenvalue weighted by Crippen LogP contribution is -2.28. The second kappa shape index (κ2) is 9.33. The van der Waals surface area contributed by atoms with Crippen molar-refractivity contribution in [3.8, 4) is 0 Å². The first kappa shape index (κ1) is 22.3. The number of carbonyl (C=O) groups excluding carboxylic acids is 1. The van der Waals surface area contributed by atoms with Crippen molar-refractivity contribution in [1.82, 2.24) is 15.2 Å². The van der Waals surface area contributed by atoms with Gasteiger partial charge in [0.1, 0.15) is 18.3 Å². The highest BCUT2D eigenvalue weighted by molar-refractivity contribution is 8.01. The monoisotopic (exact) mass is 481 g/mol. The number of furan rings is 1. The van der Waals surface area contributed by atoms with Gasteiger partial charge in [0.2, 0.25) is 5.13 Å². The normalized spacial score (nSPS) is 16.3. The Morgan fingerprint density at radius 3 is 2.75 bits per heavy atom. The summed E-state index contributed by atoms with van der Waals surface area (Å²) in [4.78, 5) is 13.0. The van der Waals surface area contributed by atoms with Crippen LogP contribution in [0.4, 0.5) is 18.3 Å². The fraction of sp³-hybridized carbons (Fsp3) is 0.300. The van der Waals surface area contributed by atoms with Gasteiger partial charge >= 0.3 is 6.18 Å². The number of carbonyl (C=O) groups is 1. The largest absolute Gasteiger partial charge is 0.467 e. The molecule has 1 aromatic carbocycles. The average molecular weight is 482 g/mol. The molecule has 0 bridgehead atoms. The molecule has 1 atom stereocenters. The van der Waals surface area contributed by atoms with Gasteiger partial charge in [-0.15, -0.1) is 10.2 Å². The van der Waals surface area contributed by atoms with Crippen molar-refractivity contribution in [1.29, 1.82) is 0 Å². The van der Waals surface area contributed by atoms with Gasteiger partial charge in [0.05, 0.1) is 17.7 Å². The van der Waals surface area contributed by atoms with E-state index in [1.54, 1.807) is 18.4 Å². The summed E-state index contributed by atoms with van der Waals surface area (Å²) >= 11 is 2.06. The smallest absolute Gasteiger partial charge is 0.405 e. The first-order valence-electron chi connectivity index (χ1n) is 9.55. The summed E-state index contributed by atoms with van der Waals surface area (Å²) in [6, 6.07) is 11.1. The summed E-state index contributed by atoms with van der Waals surface area (Å²) in [7, 11) is 0. The van der Waals surface area contributed by atoms with Crippen LogP contribution in [-0.4, -0.2) is 45.3 Å². The standard InChI is InChI=1S/C20H18F3N5O2S2/c1-12-4-6-13(7-5-12)14-9-15(16-3-2-8-30-16)28(27-14)17(29)10-31-19-26-25-18(32-19)24-11-20(21,22)23/h2-8,15H,9-11H2,1H3,(H,24,25). The topological polar surface area (TPSA) is 83.6 Å². The number of amides is 1. The predicted molar refractivity (Wildman–Crippen MR) is 116 cm³/mol. The van der Waals surface area contributed by atoms with Gasteiger partial charge < -0.3 is 9.73 Å². The Labute approximate surface area is 189 Å². The number of anilines is 1. The van der Waals surface area contributed by atoms with Crippen molar-refractivity contribution in [2.24, 2.45) is 5.10 Å². The maximum absolute atomic E-state index is 13.0. The first-order valence-corrected chi connectivity index (χ1v) is 11.4. The Morgan fingerprint density at radius 1 is 1.28 bits per heavy atom. The van der Waals surface area contributed by atoms with Gasteiger partial charge in [0, 0.05) is 6.42 Å². The third-order valence-corrected chi connectivity index (χ3v) is 6.59. The predicted octanol–water partition coefficient (Wildman–Crippen LogP) is 4.88. The number of halogens is 3. The number of rotatable bonds is 7. The SMILES string of the molecule is Cc1ccc(C2=NN(C(=O)CSc3nnc(NCC(F)(F)F)s3)C(c3ccco3)C2)cc1. The fourth-order valence-electron chi connectivity index (χ4n) is 3.07. The van der Waals surface area contributed by atoms with Crippen LogP contribution >= 0.6 is 23.1 Å². The molecule has 4 rings (SSSR count). The molecule has 1 aliphatic heterocycles. The van der Waals surface area contributed by atoms with Crippen LogP contribution in [0.2, 0.25) is 0 Å². The summed E-state index contributed by atoms with van der Waals surface area (Å²) in [6.45, 7) is 0.802. The Balaban J connectivity index is 1.44. The number of aryl methyl sites for hydroxylation is 1. The molecule has 0 radical (unpaired) electrons. The molecule has 1 amide bonds. The highest BCUT2D eigenvalue weighted by Gasteiger charge is 2.35. The lowest BCUT2D eigenvalue weighted by Gasteiger charge is -2.19. The van der Waals surface area contributed by atoms with E-state index >= 15 is 0 Å². The molecule has 3 heterocycles. The van der Waals surface area contributed by atoms with Crippen molar-refractivity contribution in [3.05, 3.63) is 59.5 Å². The number of nitrogens with zero attached hydrogens (tertiary/aromatic N) is 4. The molecule has 12 heteroatoms. The van der Waals surface area contributed by atoms with Crippen molar-refractivity contribution in [2.75, 3.05) is 17.6 Å². The highest BCUT2D eigenvalue weighted by atomic mass is 32.2. The maximum Gasteiger partial charge on any atom is 0.405 e. The molecule has 7 nitrogen and oxygen atoms in total. The number of hydrogen-bond acceptors (Lipinski definition) is 8. The number of hydrogen-bond donors (Lipinski definition) is 1. The zero-order valence-electron chi connectivity index (χ0n) is 16.8. The second-order valence-corrected chi connectivity index (χ2v) is 9.22. The molecule has 1 unspecified atom stereocenters. The van der Waals surface area contributed by atoms with Crippen LogP contribution < -0.4 is 5.32 Å². The zero-order valence-corrected chi connectivity index (χ0v) is 18.4. The molecule has 32 heavy (non-hydrogen) atoms. The van der Waals surface area contributed by atoms with Crippen LogP contribution in [-0.2, 0) is 4.79 Å². The minimum Gasteiger partial charge on any atom is -0.467 e. The number of alkyl halides is 3. The lowest BCUT2D eigenvalue weighted by molar-refractivity contribution is -0.130. The van der Waals surface area contributed by atoms with E-state index in [1.807, 2.05) is 31.2 Å². The summed E-state index contributed by atoms with van der Waals surface area (Å²) in [5, 5.41) is 15.7. The Morgan fingerprint density at radius 2 is 2.06 bits per heavy atom. The quantitative estimate of drug-likeness (QED) is 0.484. The van der Waals surface area contributed by atoms with Gasteiger partial charge in [-0.05, 0) is 24.6 Å². The first-order chi connectivity index (χ1) is 15.3. The van der Waals surface area contributed by atoms with Crippen LogP contribution in [0.25, 0.3) is 0 Å². The molecule has 0 saturated heterocycles. The van der Waals surface area contributed by atoms with Gasteiger partial charge in [-0.25, -0.2) is 5.01 Å². The van der Waals surface area contributed by atoms with Gasteiger partial charge in [0.25, 0.3) is 5.91 Å². The van der Waals surface area contributed by atoms with Crippen LogP contribution in [0, 0.1) is 6.92 Å². The summed E-state index contributed by atoms with van der Waals surface area (Å²) in [5.74, 6) is 0.373. The minimum atomic E-state index is -4.35. The molecule has 0 spiro atoms. The molecular formula is C20H18F3N5O2S2. The number of hydrazone groups is 1. The van der Waals surface area contributed by atoms with E-state index < -0.39 is 12.7 Å².